The fourth-order valence-electron chi connectivity index (χ4n) is 4.77. The van der Waals surface area contributed by atoms with Gasteiger partial charge in [0.1, 0.15) is 0 Å². The number of hydrogen-bond donors (Lipinski definition) is 0. The molecule has 0 bridgehead atoms. The van der Waals surface area contributed by atoms with Crippen molar-refractivity contribution < 1.29 is 4.79 Å². The smallest absolute Gasteiger partial charge is 0.256 e. The van der Waals surface area contributed by atoms with Crippen molar-refractivity contribution in [2.45, 2.75) is 51.5 Å². The van der Waals surface area contributed by atoms with Gasteiger partial charge in [0.2, 0.25) is 0 Å². The minimum atomic E-state index is 0.0700. The van der Waals surface area contributed by atoms with E-state index in [1.165, 1.54) is 17.6 Å². The standard InChI is InChI=1S/C24H26ClN5O/c1-17-2-7-22(30-27-11-12-28-30)21(14-17)23(31)29-13-10-24(8-9-24)15-20(29)6-5-19-4-3-18(25)16-26-19/h2-4,7,11-12,14,16,20H,5-6,8-10,13,15H2,1H3/t20-/m1/s1. The Kier molecular flexibility index (Phi) is 5.26. The quantitative estimate of drug-likeness (QED) is 0.585. The second-order valence-electron chi connectivity index (χ2n) is 8.95. The van der Waals surface area contributed by atoms with Crippen LogP contribution < -0.4 is 0 Å². The lowest BCUT2D eigenvalue weighted by Gasteiger charge is -2.40. The van der Waals surface area contributed by atoms with Crippen LogP contribution >= 0.6 is 11.6 Å². The minimum Gasteiger partial charge on any atom is -0.336 e. The highest BCUT2D eigenvalue weighted by atomic mass is 35.5. The summed E-state index contributed by atoms with van der Waals surface area (Å²) < 4.78 is 0. The molecule has 1 aliphatic heterocycles. The molecule has 1 atom stereocenters. The number of aromatic nitrogens is 4. The van der Waals surface area contributed by atoms with Gasteiger partial charge in [0.15, 0.2) is 0 Å². The molecule has 2 aliphatic rings. The third-order valence-electron chi connectivity index (χ3n) is 6.75. The average molecular weight is 436 g/mol. The zero-order valence-electron chi connectivity index (χ0n) is 17.7. The molecule has 1 aromatic carbocycles. The lowest BCUT2D eigenvalue weighted by atomic mass is 9.85. The Morgan fingerprint density at radius 2 is 1.97 bits per heavy atom. The van der Waals surface area contributed by atoms with E-state index in [4.69, 9.17) is 11.6 Å². The summed E-state index contributed by atoms with van der Waals surface area (Å²) in [4.78, 5) is 21.9. The number of pyridine rings is 1. The number of rotatable bonds is 5. The number of nitrogens with zero attached hydrogens (tertiary/aromatic N) is 5. The Bertz CT molecular complexity index is 1080. The number of benzene rings is 1. The molecule has 2 aromatic heterocycles. The number of carbonyl (C=O) groups excluding carboxylic acids is 1. The summed E-state index contributed by atoms with van der Waals surface area (Å²) in [7, 11) is 0. The van der Waals surface area contributed by atoms with Gasteiger partial charge >= 0.3 is 0 Å². The number of carbonyl (C=O) groups is 1. The monoisotopic (exact) mass is 435 g/mol. The highest BCUT2D eigenvalue weighted by Gasteiger charge is 2.49. The van der Waals surface area contributed by atoms with Crippen LogP contribution in [0.2, 0.25) is 5.02 Å². The van der Waals surface area contributed by atoms with Gasteiger partial charge in [0.05, 0.1) is 28.7 Å². The van der Waals surface area contributed by atoms with E-state index < -0.39 is 0 Å². The number of aryl methyl sites for hydroxylation is 2. The van der Waals surface area contributed by atoms with Gasteiger partial charge in [-0.05, 0) is 75.1 Å². The van der Waals surface area contributed by atoms with Gasteiger partial charge in [-0.1, -0.05) is 23.2 Å². The maximum absolute atomic E-state index is 13.8. The summed E-state index contributed by atoms with van der Waals surface area (Å²) in [5, 5.41) is 9.16. The molecule has 0 unspecified atom stereocenters. The first-order valence-electron chi connectivity index (χ1n) is 10.9. The first kappa shape index (κ1) is 20.2. The first-order chi connectivity index (χ1) is 15.0. The fourth-order valence-corrected chi connectivity index (χ4v) is 4.88. The summed E-state index contributed by atoms with van der Waals surface area (Å²) in [6, 6.07) is 9.95. The highest BCUT2D eigenvalue weighted by molar-refractivity contribution is 6.30. The maximum Gasteiger partial charge on any atom is 0.256 e. The van der Waals surface area contributed by atoms with Crippen LogP contribution in [0.15, 0.2) is 48.9 Å². The van der Waals surface area contributed by atoms with Crippen LogP contribution in [0.1, 0.15) is 53.7 Å². The molecular formula is C24H26ClN5O. The van der Waals surface area contributed by atoms with Crippen LogP contribution in [-0.2, 0) is 6.42 Å². The lowest BCUT2D eigenvalue weighted by Crippen LogP contribution is -2.47. The maximum atomic E-state index is 13.8. The summed E-state index contributed by atoms with van der Waals surface area (Å²) in [5.41, 5.74) is 3.91. The molecule has 1 saturated carbocycles. The molecule has 1 saturated heterocycles. The van der Waals surface area contributed by atoms with Crippen LogP contribution in [0, 0.1) is 12.3 Å². The predicted octanol–water partition coefficient (Wildman–Crippen LogP) is 4.64. The minimum absolute atomic E-state index is 0.0700. The first-order valence-corrected chi connectivity index (χ1v) is 11.3. The molecule has 0 radical (unpaired) electrons. The molecule has 6 nitrogen and oxygen atoms in total. The number of halogens is 1. The van der Waals surface area contributed by atoms with E-state index >= 15 is 0 Å². The van der Waals surface area contributed by atoms with E-state index in [0.29, 0.717) is 16.0 Å². The molecule has 7 heteroatoms. The number of hydrogen-bond acceptors (Lipinski definition) is 4. The van der Waals surface area contributed by atoms with Crippen molar-refractivity contribution in [3.63, 3.8) is 0 Å². The van der Waals surface area contributed by atoms with E-state index in [0.717, 1.165) is 49.2 Å². The van der Waals surface area contributed by atoms with Crippen molar-refractivity contribution in [2.24, 2.45) is 5.41 Å². The normalized spacial score (nSPS) is 19.5. The van der Waals surface area contributed by atoms with E-state index in [1.807, 2.05) is 37.3 Å². The van der Waals surface area contributed by atoms with Crippen molar-refractivity contribution in [1.82, 2.24) is 24.9 Å². The molecular weight excluding hydrogens is 410 g/mol. The second-order valence-corrected chi connectivity index (χ2v) is 9.39. The van der Waals surface area contributed by atoms with Crippen molar-refractivity contribution >= 4 is 17.5 Å². The van der Waals surface area contributed by atoms with Crippen molar-refractivity contribution in [2.75, 3.05) is 6.54 Å². The highest BCUT2D eigenvalue weighted by Crippen LogP contribution is 2.55. The van der Waals surface area contributed by atoms with Gasteiger partial charge in [-0.15, -0.1) is 0 Å². The Morgan fingerprint density at radius 1 is 1.16 bits per heavy atom. The molecule has 5 rings (SSSR count). The van der Waals surface area contributed by atoms with E-state index in [1.54, 1.807) is 18.6 Å². The zero-order valence-corrected chi connectivity index (χ0v) is 18.4. The molecule has 0 N–H and O–H groups in total. The van der Waals surface area contributed by atoms with E-state index in [9.17, 15) is 4.79 Å². The number of likely N-dealkylation sites (tertiary alicyclic amines) is 1. The Morgan fingerprint density at radius 3 is 2.68 bits per heavy atom. The average Bonchev–Trinajstić information content (AvgIpc) is 3.29. The predicted molar refractivity (Wildman–Crippen MR) is 119 cm³/mol. The van der Waals surface area contributed by atoms with Gasteiger partial charge in [0, 0.05) is 24.5 Å². The third-order valence-corrected chi connectivity index (χ3v) is 6.97. The largest absolute Gasteiger partial charge is 0.336 e. The van der Waals surface area contributed by atoms with Gasteiger partial charge in [-0.25, -0.2) is 0 Å². The fraction of sp³-hybridized carbons (Fsp3) is 0.417. The molecule has 3 heterocycles. The zero-order chi connectivity index (χ0) is 21.4. The molecule has 1 amide bonds. The van der Waals surface area contributed by atoms with Gasteiger partial charge in [-0.3, -0.25) is 9.78 Å². The van der Waals surface area contributed by atoms with Gasteiger partial charge in [0.25, 0.3) is 5.91 Å². The van der Waals surface area contributed by atoms with E-state index in [2.05, 4.69) is 20.1 Å². The lowest BCUT2D eigenvalue weighted by molar-refractivity contribution is 0.0508. The van der Waals surface area contributed by atoms with Crippen LogP contribution in [0.4, 0.5) is 0 Å². The van der Waals surface area contributed by atoms with Crippen LogP contribution in [0.3, 0.4) is 0 Å². The van der Waals surface area contributed by atoms with Crippen molar-refractivity contribution in [3.8, 4) is 5.69 Å². The van der Waals surface area contributed by atoms with Gasteiger partial charge < -0.3 is 4.90 Å². The van der Waals surface area contributed by atoms with Gasteiger partial charge in [-0.2, -0.15) is 15.0 Å². The van der Waals surface area contributed by atoms with Crippen molar-refractivity contribution in [1.29, 1.82) is 0 Å². The number of amides is 1. The Balaban J connectivity index is 1.41. The SMILES string of the molecule is Cc1ccc(-n2nccn2)c(C(=O)N2CCC3(CC3)C[C@H]2CCc2ccc(Cl)cn2)c1. The van der Waals surface area contributed by atoms with Crippen molar-refractivity contribution in [3.05, 3.63) is 70.8 Å². The van der Waals surface area contributed by atoms with Crippen LogP contribution in [0.25, 0.3) is 5.69 Å². The summed E-state index contributed by atoms with van der Waals surface area (Å²) >= 11 is 5.98. The van der Waals surface area contributed by atoms with E-state index in [-0.39, 0.29) is 11.9 Å². The summed E-state index contributed by atoms with van der Waals surface area (Å²) in [6.07, 6.45) is 11.4. The Labute approximate surface area is 187 Å². The third kappa shape index (κ3) is 4.22. The second kappa shape index (κ2) is 8.08. The summed E-state index contributed by atoms with van der Waals surface area (Å²) in [5.74, 6) is 0.0700. The molecule has 3 aromatic rings. The Hall–Kier alpha value is -2.73. The molecule has 160 valence electrons. The molecule has 1 aliphatic carbocycles. The van der Waals surface area contributed by atoms with Crippen LogP contribution in [-0.4, -0.2) is 43.4 Å². The van der Waals surface area contributed by atoms with Crippen LogP contribution in [0.5, 0.6) is 0 Å². The molecule has 1 spiro atoms. The summed E-state index contributed by atoms with van der Waals surface area (Å²) in [6.45, 7) is 2.81. The number of piperidine rings is 1. The molecule has 2 fully saturated rings. The topological polar surface area (TPSA) is 63.9 Å². The molecule has 31 heavy (non-hydrogen) atoms.